The Hall–Kier alpha value is -3.99. The molecule has 29 heavy (non-hydrogen) atoms. The quantitative estimate of drug-likeness (QED) is 0.525. The Labute approximate surface area is 168 Å². The Morgan fingerprint density at radius 3 is 2.72 bits per heavy atom. The largest absolute Gasteiger partial charge is 0.497 e. The van der Waals surface area contributed by atoms with Crippen LogP contribution in [0.1, 0.15) is 21.7 Å². The van der Waals surface area contributed by atoms with Crippen molar-refractivity contribution in [1.29, 1.82) is 0 Å². The highest BCUT2D eigenvalue weighted by Crippen LogP contribution is 2.20. The van der Waals surface area contributed by atoms with Gasteiger partial charge in [-0.25, -0.2) is 4.98 Å². The van der Waals surface area contributed by atoms with Crippen molar-refractivity contribution < 1.29 is 9.53 Å². The lowest BCUT2D eigenvalue weighted by molar-refractivity contribution is 0.102. The lowest BCUT2D eigenvalue weighted by Gasteiger charge is -2.07. The highest BCUT2D eigenvalue weighted by Gasteiger charge is 2.09. The maximum absolute atomic E-state index is 12.6. The Bertz CT molecular complexity index is 1190. The molecule has 2 aromatic carbocycles. The predicted molar refractivity (Wildman–Crippen MR) is 116 cm³/mol. The van der Waals surface area contributed by atoms with E-state index in [1.807, 2.05) is 78.9 Å². The summed E-state index contributed by atoms with van der Waals surface area (Å²) in [5.74, 6) is 0.501. The van der Waals surface area contributed by atoms with Gasteiger partial charge in [0, 0.05) is 17.3 Å². The molecular formula is C24H19N3O2. The molecule has 0 unspecified atom stereocenters. The third kappa shape index (κ3) is 4.47. The average molecular weight is 381 g/mol. The zero-order valence-electron chi connectivity index (χ0n) is 15.9. The highest BCUT2D eigenvalue weighted by molar-refractivity contribution is 6.04. The summed E-state index contributed by atoms with van der Waals surface area (Å²) in [4.78, 5) is 21.4. The molecule has 2 heterocycles. The van der Waals surface area contributed by atoms with E-state index in [1.165, 1.54) is 0 Å². The van der Waals surface area contributed by atoms with Crippen LogP contribution < -0.4 is 10.1 Å². The van der Waals surface area contributed by atoms with Crippen molar-refractivity contribution in [1.82, 2.24) is 9.97 Å². The van der Waals surface area contributed by atoms with Crippen LogP contribution in [0, 0.1) is 0 Å². The van der Waals surface area contributed by atoms with E-state index < -0.39 is 0 Å². The van der Waals surface area contributed by atoms with Gasteiger partial charge in [0.1, 0.15) is 11.4 Å². The minimum absolute atomic E-state index is 0.256. The monoisotopic (exact) mass is 381 g/mol. The molecule has 1 N–H and O–H groups in total. The lowest BCUT2D eigenvalue weighted by Crippen LogP contribution is -2.13. The van der Waals surface area contributed by atoms with Gasteiger partial charge < -0.3 is 10.1 Å². The first-order valence-electron chi connectivity index (χ1n) is 9.16. The molecule has 0 bridgehead atoms. The van der Waals surface area contributed by atoms with E-state index in [-0.39, 0.29) is 5.91 Å². The Morgan fingerprint density at radius 2 is 1.90 bits per heavy atom. The molecule has 0 saturated carbocycles. The molecule has 0 aliphatic carbocycles. The van der Waals surface area contributed by atoms with Crippen LogP contribution in [0.4, 0.5) is 5.69 Å². The summed E-state index contributed by atoms with van der Waals surface area (Å²) in [7, 11) is 1.62. The molecule has 0 radical (unpaired) electrons. The molecule has 5 heteroatoms. The van der Waals surface area contributed by atoms with Gasteiger partial charge in [-0.2, -0.15) is 0 Å². The van der Waals surface area contributed by atoms with Crippen LogP contribution >= 0.6 is 0 Å². The van der Waals surface area contributed by atoms with Crippen molar-refractivity contribution in [2.24, 2.45) is 0 Å². The molecule has 142 valence electrons. The van der Waals surface area contributed by atoms with Crippen molar-refractivity contribution >= 4 is 34.6 Å². The van der Waals surface area contributed by atoms with E-state index in [1.54, 1.807) is 19.4 Å². The Kier molecular flexibility index (Phi) is 5.29. The van der Waals surface area contributed by atoms with Crippen LogP contribution in [0.15, 0.2) is 79.0 Å². The second kappa shape index (κ2) is 8.35. The number of fused-ring (bicyclic) bond motifs is 1. The van der Waals surface area contributed by atoms with Gasteiger partial charge in [-0.15, -0.1) is 0 Å². The molecule has 0 aliphatic heterocycles. The average Bonchev–Trinajstić information content (AvgIpc) is 2.78. The summed E-state index contributed by atoms with van der Waals surface area (Å²) in [6, 6.07) is 22.5. The molecular weight excluding hydrogens is 362 g/mol. The van der Waals surface area contributed by atoms with Gasteiger partial charge in [-0.3, -0.25) is 9.78 Å². The van der Waals surface area contributed by atoms with Crippen LogP contribution in [-0.4, -0.2) is 23.0 Å². The number of carbonyl (C=O) groups is 1. The number of hydrogen-bond donors (Lipinski definition) is 1. The zero-order chi connectivity index (χ0) is 20.1. The Morgan fingerprint density at radius 1 is 0.966 bits per heavy atom. The number of amides is 1. The standard InChI is InChI=1S/C24H19N3O2/c1-29-21-11-13-22-18(16-21)9-12-23(27-22)24(28)26-20-7-4-5-17(15-20)8-10-19-6-2-3-14-25-19/h2-16H,1H3,(H,26,28)/b10-8+. The number of ether oxygens (including phenoxy) is 1. The van der Waals surface area contributed by atoms with E-state index in [2.05, 4.69) is 15.3 Å². The number of nitrogens with zero attached hydrogens (tertiary/aromatic N) is 2. The van der Waals surface area contributed by atoms with Gasteiger partial charge in [0.05, 0.1) is 18.3 Å². The minimum Gasteiger partial charge on any atom is -0.497 e. The van der Waals surface area contributed by atoms with Gasteiger partial charge >= 0.3 is 0 Å². The fraction of sp³-hybridized carbons (Fsp3) is 0.0417. The van der Waals surface area contributed by atoms with Crippen molar-refractivity contribution in [3.05, 3.63) is 95.9 Å². The van der Waals surface area contributed by atoms with E-state index >= 15 is 0 Å². The number of pyridine rings is 2. The molecule has 5 nitrogen and oxygen atoms in total. The third-order valence-corrected chi connectivity index (χ3v) is 4.41. The minimum atomic E-state index is -0.256. The maximum Gasteiger partial charge on any atom is 0.274 e. The van der Waals surface area contributed by atoms with Gasteiger partial charge in [-0.1, -0.05) is 30.3 Å². The van der Waals surface area contributed by atoms with Crippen molar-refractivity contribution in [2.75, 3.05) is 12.4 Å². The fourth-order valence-corrected chi connectivity index (χ4v) is 2.93. The van der Waals surface area contributed by atoms with E-state index in [4.69, 9.17) is 4.74 Å². The van der Waals surface area contributed by atoms with Crippen molar-refractivity contribution in [3.63, 3.8) is 0 Å². The first-order valence-corrected chi connectivity index (χ1v) is 9.16. The summed E-state index contributed by atoms with van der Waals surface area (Å²) in [6.45, 7) is 0. The van der Waals surface area contributed by atoms with E-state index in [9.17, 15) is 4.79 Å². The van der Waals surface area contributed by atoms with Gasteiger partial charge in [0.15, 0.2) is 0 Å². The van der Waals surface area contributed by atoms with Crippen LogP contribution in [0.5, 0.6) is 5.75 Å². The predicted octanol–water partition coefficient (Wildman–Crippen LogP) is 5.06. The fourth-order valence-electron chi connectivity index (χ4n) is 2.93. The zero-order valence-corrected chi connectivity index (χ0v) is 15.9. The smallest absolute Gasteiger partial charge is 0.274 e. The molecule has 4 rings (SSSR count). The third-order valence-electron chi connectivity index (χ3n) is 4.41. The van der Waals surface area contributed by atoms with Crippen molar-refractivity contribution in [3.8, 4) is 5.75 Å². The summed E-state index contributed by atoms with van der Waals surface area (Å²) in [6.07, 6.45) is 5.64. The van der Waals surface area contributed by atoms with E-state index in [0.29, 0.717) is 11.4 Å². The molecule has 2 aromatic heterocycles. The Balaban J connectivity index is 1.51. The molecule has 0 atom stereocenters. The highest BCUT2D eigenvalue weighted by atomic mass is 16.5. The van der Waals surface area contributed by atoms with Crippen LogP contribution in [0.2, 0.25) is 0 Å². The molecule has 0 fully saturated rings. The summed E-state index contributed by atoms with van der Waals surface area (Å²) in [5.41, 5.74) is 3.64. The van der Waals surface area contributed by atoms with Gasteiger partial charge in [0.2, 0.25) is 0 Å². The number of methoxy groups -OCH3 is 1. The first kappa shape index (κ1) is 18.4. The number of carbonyl (C=O) groups excluding carboxylic acids is 1. The normalized spacial score (nSPS) is 10.9. The molecule has 0 spiro atoms. The molecule has 1 amide bonds. The number of aromatic nitrogens is 2. The van der Waals surface area contributed by atoms with Crippen molar-refractivity contribution in [2.45, 2.75) is 0 Å². The lowest BCUT2D eigenvalue weighted by atomic mass is 10.1. The topological polar surface area (TPSA) is 64.1 Å². The SMILES string of the molecule is COc1ccc2nc(C(=O)Nc3cccc(/C=C/c4ccccn4)c3)ccc2c1. The summed E-state index contributed by atoms with van der Waals surface area (Å²) >= 11 is 0. The molecule has 4 aromatic rings. The number of nitrogens with one attached hydrogen (secondary N) is 1. The maximum atomic E-state index is 12.6. The van der Waals surface area contributed by atoms with Crippen LogP contribution in [-0.2, 0) is 0 Å². The molecule has 0 aliphatic rings. The second-order valence-corrected chi connectivity index (χ2v) is 6.42. The number of hydrogen-bond acceptors (Lipinski definition) is 4. The summed E-state index contributed by atoms with van der Waals surface area (Å²) < 4.78 is 5.22. The van der Waals surface area contributed by atoms with Crippen LogP contribution in [0.25, 0.3) is 23.1 Å². The number of anilines is 1. The number of rotatable bonds is 5. The van der Waals surface area contributed by atoms with E-state index in [0.717, 1.165) is 27.9 Å². The van der Waals surface area contributed by atoms with Crippen LogP contribution in [0.3, 0.4) is 0 Å². The van der Waals surface area contributed by atoms with Gasteiger partial charge in [0.25, 0.3) is 5.91 Å². The summed E-state index contributed by atoms with van der Waals surface area (Å²) in [5, 5.41) is 3.83. The first-order chi connectivity index (χ1) is 14.2. The number of benzene rings is 2. The molecule has 0 saturated heterocycles. The second-order valence-electron chi connectivity index (χ2n) is 6.42. The van der Waals surface area contributed by atoms with Gasteiger partial charge in [-0.05, 0) is 60.2 Å².